The summed E-state index contributed by atoms with van der Waals surface area (Å²) in [6, 6.07) is 12.4. The van der Waals surface area contributed by atoms with E-state index in [0.717, 1.165) is 17.1 Å². The molecule has 0 aliphatic carbocycles. The van der Waals surface area contributed by atoms with Crippen molar-refractivity contribution in [1.29, 1.82) is 0 Å². The van der Waals surface area contributed by atoms with Crippen molar-refractivity contribution in [3.8, 4) is 17.2 Å². The van der Waals surface area contributed by atoms with Crippen LogP contribution in [0.25, 0.3) is 0 Å². The Morgan fingerprint density at radius 1 is 1.22 bits per heavy atom. The molecule has 2 aromatic carbocycles. The van der Waals surface area contributed by atoms with Crippen molar-refractivity contribution in [1.82, 2.24) is 5.32 Å². The number of rotatable bonds is 5. The molecule has 0 saturated carbocycles. The number of hydrogen-bond acceptors (Lipinski definition) is 4. The maximum absolute atomic E-state index is 12.7. The van der Waals surface area contributed by atoms with E-state index >= 15 is 0 Å². The lowest BCUT2D eigenvalue weighted by atomic mass is 9.89. The normalized spacial score (nSPS) is 18.6. The summed E-state index contributed by atoms with van der Waals surface area (Å²) in [5.74, 6) is 1.85. The van der Waals surface area contributed by atoms with Crippen LogP contribution in [-0.4, -0.2) is 24.7 Å². The third-order valence-electron chi connectivity index (χ3n) is 4.49. The number of carbonyl (C=O) groups is 1. The van der Waals surface area contributed by atoms with Crippen LogP contribution in [0.5, 0.6) is 17.2 Å². The van der Waals surface area contributed by atoms with E-state index < -0.39 is 11.7 Å². The predicted octanol–water partition coefficient (Wildman–Crippen LogP) is 4.53. The van der Waals surface area contributed by atoms with Gasteiger partial charge in [-0.3, -0.25) is 4.79 Å². The molecule has 1 aliphatic heterocycles. The van der Waals surface area contributed by atoms with Crippen LogP contribution >= 0.6 is 11.6 Å². The Kier molecular flexibility index (Phi) is 5.51. The van der Waals surface area contributed by atoms with Gasteiger partial charge in [0.25, 0.3) is 5.91 Å². The summed E-state index contributed by atoms with van der Waals surface area (Å²) in [6.07, 6.45) is 0.0185. The van der Waals surface area contributed by atoms with Crippen molar-refractivity contribution >= 4 is 17.5 Å². The lowest BCUT2D eigenvalue weighted by Crippen LogP contribution is -2.44. The first-order valence-corrected chi connectivity index (χ1v) is 9.25. The number of benzene rings is 2. The Balaban J connectivity index is 1.74. The van der Waals surface area contributed by atoms with Gasteiger partial charge in [-0.05, 0) is 57.2 Å². The monoisotopic (exact) mass is 389 g/mol. The van der Waals surface area contributed by atoms with E-state index in [-0.39, 0.29) is 11.9 Å². The average molecular weight is 390 g/mol. The standard InChI is InChI=1S/C21H24ClNO4/c1-13(26-15-7-5-14(22)6-8-15)20(24)23-18-12-21(2,3)27-19-11-16(25-4)9-10-17(18)19/h5-11,13,18H,12H2,1-4H3,(H,23,24). The summed E-state index contributed by atoms with van der Waals surface area (Å²) in [7, 11) is 1.62. The van der Waals surface area contributed by atoms with Crippen LogP contribution in [0.1, 0.15) is 38.8 Å². The first-order chi connectivity index (χ1) is 12.8. The molecule has 5 nitrogen and oxygen atoms in total. The van der Waals surface area contributed by atoms with Crippen molar-refractivity contribution in [2.75, 3.05) is 7.11 Å². The van der Waals surface area contributed by atoms with Crippen molar-refractivity contribution in [2.24, 2.45) is 0 Å². The maximum atomic E-state index is 12.7. The summed E-state index contributed by atoms with van der Waals surface area (Å²) in [6.45, 7) is 5.73. The number of carbonyl (C=O) groups excluding carboxylic acids is 1. The Hall–Kier alpha value is -2.40. The van der Waals surface area contributed by atoms with Crippen LogP contribution in [0.2, 0.25) is 5.02 Å². The molecule has 2 aromatic rings. The molecule has 1 N–H and O–H groups in total. The molecule has 27 heavy (non-hydrogen) atoms. The fourth-order valence-corrected chi connectivity index (χ4v) is 3.27. The zero-order valence-corrected chi connectivity index (χ0v) is 16.7. The molecule has 0 aromatic heterocycles. The Labute approximate surface area is 164 Å². The smallest absolute Gasteiger partial charge is 0.261 e. The highest BCUT2D eigenvalue weighted by Gasteiger charge is 2.35. The van der Waals surface area contributed by atoms with Gasteiger partial charge in [-0.25, -0.2) is 0 Å². The number of ether oxygens (including phenoxy) is 3. The molecule has 1 amide bonds. The second kappa shape index (κ2) is 7.69. The summed E-state index contributed by atoms with van der Waals surface area (Å²) < 4.78 is 17.1. The fraction of sp³-hybridized carbons (Fsp3) is 0.381. The van der Waals surface area contributed by atoms with E-state index in [2.05, 4.69) is 5.32 Å². The highest BCUT2D eigenvalue weighted by atomic mass is 35.5. The van der Waals surface area contributed by atoms with Crippen molar-refractivity contribution in [3.63, 3.8) is 0 Å². The zero-order valence-electron chi connectivity index (χ0n) is 15.9. The summed E-state index contributed by atoms with van der Waals surface area (Å²) in [5, 5.41) is 3.71. The molecule has 0 radical (unpaired) electrons. The lowest BCUT2D eigenvalue weighted by molar-refractivity contribution is -0.128. The van der Waals surface area contributed by atoms with Crippen molar-refractivity contribution in [2.45, 2.75) is 44.9 Å². The Morgan fingerprint density at radius 3 is 2.56 bits per heavy atom. The van der Waals surface area contributed by atoms with Gasteiger partial charge in [0.1, 0.15) is 22.8 Å². The molecule has 144 valence electrons. The number of halogens is 1. The molecule has 0 bridgehead atoms. The van der Waals surface area contributed by atoms with E-state index in [1.165, 1.54) is 0 Å². The van der Waals surface area contributed by atoms with E-state index in [1.54, 1.807) is 38.3 Å². The third-order valence-corrected chi connectivity index (χ3v) is 4.74. The number of amides is 1. The minimum absolute atomic E-state index is 0.168. The molecular formula is C21H24ClNO4. The molecule has 6 heteroatoms. The number of methoxy groups -OCH3 is 1. The fourth-order valence-electron chi connectivity index (χ4n) is 3.15. The van der Waals surface area contributed by atoms with Gasteiger partial charge in [0, 0.05) is 23.1 Å². The van der Waals surface area contributed by atoms with Crippen LogP contribution in [0.4, 0.5) is 0 Å². The predicted molar refractivity (Wildman–Crippen MR) is 105 cm³/mol. The Bertz CT molecular complexity index is 819. The van der Waals surface area contributed by atoms with Gasteiger partial charge in [0.15, 0.2) is 6.10 Å². The SMILES string of the molecule is COc1ccc2c(c1)OC(C)(C)CC2NC(=O)C(C)Oc1ccc(Cl)cc1. The quantitative estimate of drug-likeness (QED) is 0.815. The van der Waals surface area contributed by atoms with Crippen molar-refractivity contribution < 1.29 is 19.0 Å². The zero-order chi connectivity index (χ0) is 19.6. The van der Waals surface area contributed by atoms with E-state index in [9.17, 15) is 4.79 Å². The van der Waals surface area contributed by atoms with Gasteiger partial charge in [0.2, 0.25) is 0 Å². The number of fused-ring (bicyclic) bond motifs is 1. The maximum Gasteiger partial charge on any atom is 0.261 e. The second-order valence-corrected chi connectivity index (χ2v) is 7.68. The van der Waals surface area contributed by atoms with Gasteiger partial charge in [0.05, 0.1) is 13.2 Å². The summed E-state index contributed by atoms with van der Waals surface area (Å²) in [5.41, 5.74) is 0.527. The van der Waals surface area contributed by atoms with Gasteiger partial charge < -0.3 is 19.5 Å². The molecule has 2 unspecified atom stereocenters. The van der Waals surface area contributed by atoms with Crippen LogP contribution in [0, 0.1) is 0 Å². The molecule has 1 aliphatic rings. The van der Waals surface area contributed by atoms with E-state index in [1.807, 2.05) is 32.0 Å². The summed E-state index contributed by atoms with van der Waals surface area (Å²) >= 11 is 5.88. The largest absolute Gasteiger partial charge is 0.497 e. The first kappa shape index (κ1) is 19.4. The van der Waals surface area contributed by atoms with Gasteiger partial charge in [-0.1, -0.05) is 11.6 Å². The molecule has 2 atom stereocenters. The molecular weight excluding hydrogens is 366 g/mol. The number of nitrogens with one attached hydrogen (secondary N) is 1. The average Bonchev–Trinajstić information content (AvgIpc) is 2.62. The van der Waals surface area contributed by atoms with E-state index in [4.69, 9.17) is 25.8 Å². The topological polar surface area (TPSA) is 56.8 Å². The van der Waals surface area contributed by atoms with Gasteiger partial charge in [-0.15, -0.1) is 0 Å². The third kappa shape index (κ3) is 4.66. The Morgan fingerprint density at radius 2 is 1.89 bits per heavy atom. The molecule has 0 fully saturated rings. The van der Waals surface area contributed by atoms with Gasteiger partial charge >= 0.3 is 0 Å². The lowest BCUT2D eigenvalue weighted by Gasteiger charge is -2.38. The van der Waals surface area contributed by atoms with Crippen LogP contribution in [0.15, 0.2) is 42.5 Å². The molecule has 0 spiro atoms. The molecule has 1 heterocycles. The van der Waals surface area contributed by atoms with Gasteiger partial charge in [-0.2, -0.15) is 0 Å². The second-order valence-electron chi connectivity index (χ2n) is 7.24. The van der Waals surface area contributed by atoms with E-state index in [0.29, 0.717) is 17.2 Å². The first-order valence-electron chi connectivity index (χ1n) is 8.87. The number of hydrogen-bond donors (Lipinski definition) is 1. The van der Waals surface area contributed by atoms with Crippen molar-refractivity contribution in [3.05, 3.63) is 53.1 Å². The minimum atomic E-state index is -0.640. The molecule has 3 rings (SSSR count). The minimum Gasteiger partial charge on any atom is -0.497 e. The van der Waals surface area contributed by atoms with Crippen LogP contribution < -0.4 is 19.5 Å². The van der Waals surface area contributed by atoms with Crippen LogP contribution in [0.3, 0.4) is 0 Å². The highest BCUT2D eigenvalue weighted by molar-refractivity contribution is 6.30. The van der Waals surface area contributed by atoms with Crippen LogP contribution in [-0.2, 0) is 4.79 Å². The molecule has 0 saturated heterocycles. The summed E-state index contributed by atoms with van der Waals surface area (Å²) in [4.78, 5) is 12.7. The highest BCUT2D eigenvalue weighted by Crippen LogP contribution is 2.41.